The summed E-state index contributed by atoms with van der Waals surface area (Å²) in [5, 5.41) is 7.17. The molecular formula is C18H23N3O2. The van der Waals surface area contributed by atoms with Crippen LogP contribution in [-0.4, -0.2) is 22.8 Å². The van der Waals surface area contributed by atoms with E-state index in [0.717, 1.165) is 24.2 Å². The highest BCUT2D eigenvalue weighted by Crippen LogP contribution is 2.29. The second kappa shape index (κ2) is 6.44. The molecule has 0 radical (unpaired) electrons. The van der Waals surface area contributed by atoms with Crippen LogP contribution < -0.4 is 10.1 Å². The minimum Gasteiger partial charge on any atom is -0.496 e. The van der Waals surface area contributed by atoms with Gasteiger partial charge in [0.05, 0.1) is 18.9 Å². The maximum Gasteiger partial charge on any atom is 0.254 e. The molecule has 0 saturated heterocycles. The molecule has 1 aromatic heterocycles. The molecule has 0 unspecified atom stereocenters. The number of carbonyl (C=O) groups is 1. The first-order chi connectivity index (χ1) is 11.1. The Morgan fingerprint density at radius 1 is 1.35 bits per heavy atom. The van der Waals surface area contributed by atoms with Crippen LogP contribution in [-0.2, 0) is 19.4 Å². The van der Waals surface area contributed by atoms with Gasteiger partial charge in [0.1, 0.15) is 5.75 Å². The fourth-order valence-electron chi connectivity index (χ4n) is 3.00. The van der Waals surface area contributed by atoms with E-state index in [0.29, 0.717) is 12.1 Å². The Kier molecular flexibility index (Phi) is 4.37. The van der Waals surface area contributed by atoms with Crippen molar-refractivity contribution in [1.82, 2.24) is 15.1 Å². The lowest BCUT2D eigenvalue weighted by molar-refractivity contribution is 0.0950. The Bertz CT molecular complexity index is 719. The number of rotatable bonds is 5. The van der Waals surface area contributed by atoms with Crippen LogP contribution in [0.4, 0.5) is 0 Å². The van der Waals surface area contributed by atoms with Crippen LogP contribution >= 0.6 is 0 Å². The molecule has 1 aliphatic carbocycles. The normalized spacial score (nSPS) is 13.2. The SMILES string of the molecule is COc1cc2c(cc1CNC(=O)c1cnn(C(C)C)c1)CCC2. The summed E-state index contributed by atoms with van der Waals surface area (Å²) in [6.45, 7) is 4.52. The highest BCUT2D eigenvalue weighted by atomic mass is 16.5. The van der Waals surface area contributed by atoms with E-state index in [2.05, 4.69) is 22.5 Å². The number of fused-ring (bicyclic) bond motifs is 1. The van der Waals surface area contributed by atoms with Crippen molar-refractivity contribution in [2.24, 2.45) is 0 Å². The van der Waals surface area contributed by atoms with Gasteiger partial charge in [-0.05, 0) is 50.3 Å². The van der Waals surface area contributed by atoms with Gasteiger partial charge in [-0.15, -0.1) is 0 Å². The second-order valence-electron chi connectivity index (χ2n) is 6.27. The fraction of sp³-hybridized carbons (Fsp3) is 0.444. The van der Waals surface area contributed by atoms with Crippen molar-refractivity contribution in [3.63, 3.8) is 0 Å². The number of ether oxygens (including phenoxy) is 1. The zero-order valence-electron chi connectivity index (χ0n) is 13.9. The molecule has 1 heterocycles. The molecular weight excluding hydrogens is 290 g/mol. The van der Waals surface area contributed by atoms with E-state index in [4.69, 9.17) is 4.74 Å². The molecule has 23 heavy (non-hydrogen) atoms. The predicted molar refractivity (Wildman–Crippen MR) is 88.8 cm³/mol. The number of aromatic nitrogens is 2. The smallest absolute Gasteiger partial charge is 0.254 e. The average molecular weight is 313 g/mol. The predicted octanol–water partition coefficient (Wildman–Crippen LogP) is 2.89. The van der Waals surface area contributed by atoms with E-state index in [1.54, 1.807) is 24.2 Å². The summed E-state index contributed by atoms with van der Waals surface area (Å²) >= 11 is 0. The van der Waals surface area contributed by atoms with Crippen molar-refractivity contribution < 1.29 is 9.53 Å². The highest BCUT2D eigenvalue weighted by Gasteiger charge is 2.16. The Balaban J connectivity index is 1.71. The molecule has 0 fully saturated rings. The van der Waals surface area contributed by atoms with Crippen LogP contribution in [0.15, 0.2) is 24.5 Å². The Hall–Kier alpha value is -2.30. The highest BCUT2D eigenvalue weighted by molar-refractivity contribution is 5.93. The van der Waals surface area contributed by atoms with Crippen molar-refractivity contribution in [3.8, 4) is 5.75 Å². The molecule has 0 atom stereocenters. The van der Waals surface area contributed by atoms with Crippen LogP contribution in [0.1, 0.15) is 53.4 Å². The third kappa shape index (κ3) is 3.23. The van der Waals surface area contributed by atoms with Gasteiger partial charge in [0, 0.05) is 24.3 Å². The van der Waals surface area contributed by atoms with Gasteiger partial charge in [0.15, 0.2) is 0 Å². The van der Waals surface area contributed by atoms with Gasteiger partial charge in [-0.1, -0.05) is 6.07 Å². The number of nitrogens with one attached hydrogen (secondary N) is 1. The molecule has 3 rings (SSSR count). The maximum absolute atomic E-state index is 12.3. The largest absolute Gasteiger partial charge is 0.496 e. The first-order valence-electron chi connectivity index (χ1n) is 8.09. The van der Waals surface area contributed by atoms with E-state index in [1.807, 2.05) is 13.8 Å². The summed E-state index contributed by atoms with van der Waals surface area (Å²) < 4.78 is 7.26. The molecule has 1 N–H and O–H groups in total. The van der Waals surface area contributed by atoms with E-state index in [-0.39, 0.29) is 11.9 Å². The lowest BCUT2D eigenvalue weighted by Crippen LogP contribution is -2.22. The summed E-state index contributed by atoms with van der Waals surface area (Å²) in [7, 11) is 1.68. The average Bonchev–Trinajstić information content (AvgIpc) is 3.20. The van der Waals surface area contributed by atoms with Crippen molar-refractivity contribution in [2.75, 3.05) is 7.11 Å². The number of carbonyl (C=O) groups excluding carboxylic acids is 1. The fourth-order valence-corrected chi connectivity index (χ4v) is 3.00. The number of nitrogens with zero attached hydrogens (tertiary/aromatic N) is 2. The van der Waals surface area contributed by atoms with Gasteiger partial charge < -0.3 is 10.1 Å². The Labute approximate surface area is 136 Å². The molecule has 5 nitrogen and oxygen atoms in total. The van der Waals surface area contributed by atoms with Crippen LogP contribution in [0.5, 0.6) is 5.75 Å². The molecule has 0 saturated carbocycles. The molecule has 1 amide bonds. The lowest BCUT2D eigenvalue weighted by Gasteiger charge is -2.12. The van der Waals surface area contributed by atoms with Crippen LogP contribution in [0.3, 0.4) is 0 Å². The number of hydrogen-bond acceptors (Lipinski definition) is 3. The zero-order valence-corrected chi connectivity index (χ0v) is 13.9. The van der Waals surface area contributed by atoms with Gasteiger partial charge in [-0.2, -0.15) is 5.10 Å². The second-order valence-corrected chi connectivity index (χ2v) is 6.27. The van der Waals surface area contributed by atoms with Gasteiger partial charge in [0.25, 0.3) is 5.91 Å². The van der Waals surface area contributed by atoms with Crippen molar-refractivity contribution in [3.05, 3.63) is 46.8 Å². The summed E-state index contributed by atoms with van der Waals surface area (Å²) in [6.07, 6.45) is 6.81. The van der Waals surface area contributed by atoms with Gasteiger partial charge >= 0.3 is 0 Å². The number of benzene rings is 1. The number of amides is 1. The molecule has 122 valence electrons. The van der Waals surface area contributed by atoms with Crippen LogP contribution in [0.25, 0.3) is 0 Å². The monoisotopic (exact) mass is 313 g/mol. The van der Waals surface area contributed by atoms with Crippen molar-refractivity contribution >= 4 is 5.91 Å². The van der Waals surface area contributed by atoms with E-state index in [9.17, 15) is 4.79 Å². The topological polar surface area (TPSA) is 56.1 Å². The number of aryl methyl sites for hydroxylation is 2. The van der Waals surface area contributed by atoms with Crippen LogP contribution in [0.2, 0.25) is 0 Å². The van der Waals surface area contributed by atoms with Crippen LogP contribution in [0, 0.1) is 0 Å². The zero-order chi connectivity index (χ0) is 16.4. The van der Waals surface area contributed by atoms with Gasteiger partial charge in [0.2, 0.25) is 0 Å². The van der Waals surface area contributed by atoms with Gasteiger partial charge in [-0.25, -0.2) is 0 Å². The molecule has 2 aromatic rings. The Morgan fingerprint density at radius 3 is 2.74 bits per heavy atom. The maximum atomic E-state index is 12.3. The minimum absolute atomic E-state index is 0.112. The van der Waals surface area contributed by atoms with E-state index in [1.165, 1.54) is 17.5 Å². The quantitative estimate of drug-likeness (QED) is 0.923. The standard InChI is InChI=1S/C18H23N3O2/c1-12(2)21-11-16(10-20-21)18(22)19-9-15-7-13-5-4-6-14(13)8-17(15)23-3/h7-8,10-12H,4-6,9H2,1-3H3,(H,19,22). The first kappa shape index (κ1) is 15.6. The first-order valence-corrected chi connectivity index (χ1v) is 8.09. The van der Waals surface area contributed by atoms with Crippen molar-refractivity contribution in [1.29, 1.82) is 0 Å². The number of hydrogen-bond donors (Lipinski definition) is 1. The summed E-state index contributed by atoms with van der Waals surface area (Å²) in [6, 6.07) is 4.52. The third-order valence-electron chi connectivity index (χ3n) is 4.33. The van der Waals surface area contributed by atoms with E-state index < -0.39 is 0 Å². The number of methoxy groups -OCH3 is 1. The molecule has 0 bridgehead atoms. The van der Waals surface area contributed by atoms with E-state index >= 15 is 0 Å². The lowest BCUT2D eigenvalue weighted by atomic mass is 10.0. The van der Waals surface area contributed by atoms with Crippen molar-refractivity contribution in [2.45, 2.75) is 45.7 Å². The molecule has 0 aliphatic heterocycles. The Morgan fingerprint density at radius 2 is 2.09 bits per heavy atom. The summed E-state index contributed by atoms with van der Waals surface area (Å²) in [4.78, 5) is 12.3. The third-order valence-corrected chi connectivity index (χ3v) is 4.33. The molecule has 5 heteroatoms. The summed E-state index contributed by atoms with van der Waals surface area (Å²) in [5.41, 5.74) is 4.36. The summed E-state index contributed by atoms with van der Waals surface area (Å²) in [5.74, 6) is 0.739. The molecule has 1 aromatic carbocycles. The minimum atomic E-state index is -0.112. The molecule has 1 aliphatic rings. The molecule has 0 spiro atoms. The van der Waals surface area contributed by atoms with Gasteiger partial charge in [-0.3, -0.25) is 9.48 Å².